The first-order valence-electron chi connectivity index (χ1n) is 4.89. The minimum Gasteiger partial charge on any atom is -0.508 e. The van der Waals surface area contributed by atoms with Crippen molar-refractivity contribution >= 4 is 21.7 Å². The van der Waals surface area contributed by atoms with Crippen LogP contribution in [0.2, 0.25) is 0 Å². The Morgan fingerprint density at radius 1 is 1.18 bits per heavy atom. The Hall–Kier alpha value is -2.21. The van der Waals surface area contributed by atoms with E-state index in [-0.39, 0.29) is 11.3 Å². The second-order valence-electron chi connectivity index (χ2n) is 3.49. The minimum atomic E-state index is -0.150. The molecule has 3 rings (SSSR count). The van der Waals surface area contributed by atoms with E-state index in [4.69, 9.17) is 0 Å². The highest BCUT2D eigenvalue weighted by molar-refractivity contribution is 7.12. The summed E-state index contributed by atoms with van der Waals surface area (Å²) in [7, 11) is 0. The summed E-state index contributed by atoms with van der Waals surface area (Å²) in [6.45, 7) is 0. The van der Waals surface area contributed by atoms with Gasteiger partial charge in [0.05, 0.1) is 0 Å². The number of pyridine rings is 1. The molecule has 0 atom stereocenters. The molecule has 1 N–H and O–H groups in total. The standard InChI is InChI=1S/C11H7N3O2S/c15-8-3-1-7(2-4-8)14-6-5-9-10(11(14)16)17-13-12-9/h1-6,15H. The maximum absolute atomic E-state index is 12.1. The first-order chi connectivity index (χ1) is 8.25. The molecule has 0 radical (unpaired) electrons. The van der Waals surface area contributed by atoms with Crippen molar-refractivity contribution < 1.29 is 5.11 Å². The van der Waals surface area contributed by atoms with Crippen molar-refractivity contribution in [1.29, 1.82) is 0 Å². The van der Waals surface area contributed by atoms with Crippen LogP contribution in [0.4, 0.5) is 0 Å². The van der Waals surface area contributed by atoms with Gasteiger partial charge in [-0.15, -0.1) is 5.10 Å². The number of benzene rings is 1. The van der Waals surface area contributed by atoms with Crippen molar-refractivity contribution in [2.24, 2.45) is 0 Å². The molecular weight excluding hydrogens is 238 g/mol. The molecule has 5 nitrogen and oxygen atoms in total. The molecule has 1 aromatic carbocycles. The molecule has 2 aromatic heterocycles. The van der Waals surface area contributed by atoms with E-state index < -0.39 is 0 Å². The first kappa shape index (κ1) is 9.98. The van der Waals surface area contributed by atoms with E-state index >= 15 is 0 Å². The number of phenolic OH excluding ortho intramolecular Hbond substituents is 1. The number of phenols is 1. The normalized spacial score (nSPS) is 10.8. The monoisotopic (exact) mass is 245 g/mol. The second kappa shape index (κ2) is 3.67. The minimum absolute atomic E-state index is 0.150. The third-order valence-corrected chi connectivity index (χ3v) is 3.17. The highest BCUT2D eigenvalue weighted by Gasteiger charge is 2.07. The summed E-state index contributed by atoms with van der Waals surface area (Å²) in [6.07, 6.45) is 1.65. The van der Waals surface area contributed by atoms with Gasteiger partial charge < -0.3 is 5.11 Å². The smallest absolute Gasteiger partial charge is 0.276 e. The zero-order valence-corrected chi connectivity index (χ0v) is 9.39. The number of nitrogens with zero attached hydrogens (tertiary/aromatic N) is 3. The molecule has 84 valence electrons. The van der Waals surface area contributed by atoms with Crippen LogP contribution in [0.1, 0.15) is 0 Å². The Morgan fingerprint density at radius 3 is 2.71 bits per heavy atom. The highest BCUT2D eigenvalue weighted by Crippen LogP contribution is 2.15. The Morgan fingerprint density at radius 2 is 1.94 bits per heavy atom. The molecule has 0 aliphatic carbocycles. The fourth-order valence-electron chi connectivity index (χ4n) is 1.59. The predicted molar refractivity (Wildman–Crippen MR) is 64.7 cm³/mol. The van der Waals surface area contributed by atoms with Crippen molar-refractivity contribution in [2.75, 3.05) is 0 Å². The van der Waals surface area contributed by atoms with E-state index in [0.29, 0.717) is 15.9 Å². The Balaban J connectivity index is 2.27. The molecule has 0 amide bonds. The molecule has 3 aromatic rings. The van der Waals surface area contributed by atoms with Crippen LogP contribution in [-0.2, 0) is 0 Å². The average Bonchev–Trinajstić information content (AvgIpc) is 2.80. The van der Waals surface area contributed by atoms with E-state index in [1.54, 1.807) is 24.4 Å². The lowest BCUT2D eigenvalue weighted by Gasteiger charge is -2.04. The van der Waals surface area contributed by atoms with Gasteiger partial charge in [0.25, 0.3) is 5.56 Å². The molecule has 0 unspecified atom stereocenters. The number of fused-ring (bicyclic) bond motifs is 1. The summed E-state index contributed by atoms with van der Waals surface area (Å²) in [4.78, 5) is 12.1. The summed E-state index contributed by atoms with van der Waals surface area (Å²) >= 11 is 1.08. The van der Waals surface area contributed by atoms with Crippen LogP contribution < -0.4 is 5.56 Å². The summed E-state index contributed by atoms with van der Waals surface area (Å²) in [5, 5.41) is 13.0. The molecule has 0 fully saturated rings. The fourth-order valence-corrected chi connectivity index (χ4v) is 2.18. The molecule has 0 spiro atoms. The van der Waals surface area contributed by atoms with Gasteiger partial charge in [0, 0.05) is 11.9 Å². The van der Waals surface area contributed by atoms with Crippen LogP contribution >= 0.6 is 11.5 Å². The van der Waals surface area contributed by atoms with Gasteiger partial charge in [0.2, 0.25) is 0 Å². The van der Waals surface area contributed by atoms with Gasteiger partial charge in [0.15, 0.2) is 0 Å². The van der Waals surface area contributed by atoms with Crippen LogP contribution in [0.3, 0.4) is 0 Å². The van der Waals surface area contributed by atoms with Crippen LogP contribution in [0, 0.1) is 0 Å². The summed E-state index contributed by atoms with van der Waals surface area (Å²) in [6, 6.07) is 8.18. The Labute approximate surface area is 99.7 Å². The number of rotatable bonds is 1. The van der Waals surface area contributed by atoms with Gasteiger partial charge in [-0.1, -0.05) is 4.49 Å². The lowest BCUT2D eigenvalue weighted by molar-refractivity contribution is 0.475. The van der Waals surface area contributed by atoms with Crippen molar-refractivity contribution in [3.63, 3.8) is 0 Å². The van der Waals surface area contributed by atoms with Gasteiger partial charge in [0.1, 0.15) is 16.0 Å². The lowest BCUT2D eigenvalue weighted by Crippen LogP contribution is -2.16. The van der Waals surface area contributed by atoms with E-state index in [9.17, 15) is 9.90 Å². The Kier molecular flexibility index (Phi) is 2.15. The quantitative estimate of drug-likeness (QED) is 0.706. The first-order valence-corrected chi connectivity index (χ1v) is 5.66. The van der Waals surface area contributed by atoms with Crippen molar-refractivity contribution in [2.45, 2.75) is 0 Å². The molecule has 0 saturated carbocycles. The van der Waals surface area contributed by atoms with Gasteiger partial charge in [-0.3, -0.25) is 9.36 Å². The average molecular weight is 245 g/mol. The predicted octanol–water partition coefficient (Wildman–Crippen LogP) is 1.55. The molecule has 0 bridgehead atoms. The summed E-state index contributed by atoms with van der Waals surface area (Å²) in [5.41, 5.74) is 1.15. The molecule has 0 aliphatic heterocycles. The van der Waals surface area contributed by atoms with Gasteiger partial charge in [-0.25, -0.2) is 0 Å². The van der Waals surface area contributed by atoms with Gasteiger partial charge in [-0.2, -0.15) is 0 Å². The third kappa shape index (κ3) is 1.58. The number of aromatic hydroxyl groups is 1. The van der Waals surface area contributed by atoms with Crippen molar-refractivity contribution in [3.8, 4) is 11.4 Å². The van der Waals surface area contributed by atoms with Crippen molar-refractivity contribution in [1.82, 2.24) is 14.2 Å². The van der Waals surface area contributed by atoms with Crippen LogP contribution in [0.25, 0.3) is 15.9 Å². The van der Waals surface area contributed by atoms with Crippen LogP contribution in [0.5, 0.6) is 5.75 Å². The SMILES string of the molecule is O=c1c2snnc2ccn1-c1ccc(O)cc1. The largest absolute Gasteiger partial charge is 0.508 e. The van der Waals surface area contributed by atoms with Crippen LogP contribution in [-0.4, -0.2) is 19.3 Å². The molecule has 2 heterocycles. The van der Waals surface area contributed by atoms with Crippen molar-refractivity contribution in [3.05, 3.63) is 46.9 Å². The Bertz CT molecular complexity index is 730. The highest BCUT2D eigenvalue weighted by atomic mass is 32.1. The molecule has 17 heavy (non-hydrogen) atoms. The molecule has 0 saturated heterocycles. The number of hydrogen-bond acceptors (Lipinski definition) is 5. The molecule has 6 heteroatoms. The van der Waals surface area contributed by atoms with Gasteiger partial charge >= 0.3 is 0 Å². The van der Waals surface area contributed by atoms with E-state index in [1.807, 2.05) is 0 Å². The number of hydrogen-bond donors (Lipinski definition) is 1. The summed E-state index contributed by atoms with van der Waals surface area (Å²) in [5.74, 6) is 0.169. The third-order valence-electron chi connectivity index (χ3n) is 2.44. The fraction of sp³-hybridized carbons (Fsp3) is 0. The zero-order chi connectivity index (χ0) is 11.8. The molecular formula is C11H7N3O2S. The molecule has 0 aliphatic rings. The van der Waals surface area contributed by atoms with Gasteiger partial charge in [-0.05, 0) is 41.9 Å². The van der Waals surface area contributed by atoms with E-state index in [2.05, 4.69) is 9.59 Å². The lowest BCUT2D eigenvalue weighted by atomic mass is 10.3. The van der Waals surface area contributed by atoms with E-state index in [1.165, 1.54) is 16.7 Å². The zero-order valence-electron chi connectivity index (χ0n) is 8.57. The summed E-state index contributed by atoms with van der Waals surface area (Å²) < 4.78 is 5.78. The maximum atomic E-state index is 12.1. The van der Waals surface area contributed by atoms with E-state index in [0.717, 1.165) is 11.5 Å². The van der Waals surface area contributed by atoms with Crippen LogP contribution in [0.15, 0.2) is 41.3 Å². The second-order valence-corrected chi connectivity index (χ2v) is 4.25. The maximum Gasteiger partial charge on any atom is 0.276 e. The number of aromatic nitrogens is 3. The topological polar surface area (TPSA) is 68.0 Å².